The van der Waals surface area contributed by atoms with Crippen LogP contribution in [0.5, 0.6) is 5.75 Å². The van der Waals surface area contributed by atoms with Gasteiger partial charge in [-0.2, -0.15) is 0 Å². The number of hydrogen-bond acceptors (Lipinski definition) is 6. The lowest BCUT2D eigenvalue weighted by molar-refractivity contribution is -0.167. The fraction of sp³-hybridized carbons (Fsp3) is 0.565. The van der Waals surface area contributed by atoms with E-state index in [9.17, 15) is 19.2 Å². The Labute approximate surface area is 192 Å². The Morgan fingerprint density at radius 3 is 2.56 bits per heavy atom. The molecule has 2 fully saturated rings. The first-order chi connectivity index (χ1) is 15.0. The Bertz CT molecular complexity index is 975. The molecule has 2 atom stereocenters. The maximum atomic E-state index is 13.1. The van der Waals surface area contributed by atoms with Crippen molar-refractivity contribution in [1.29, 1.82) is 0 Å². The molecule has 32 heavy (non-hydrogen) atoms. The second kappa shape index (κ2) is 8.73. The number of nitrogens with zero attached hydrogens (tertiary/aromatic N) is 1. The Hall–Kier alpha value is -2.61. The van der Waals surface area contributed by atoms with E-state index in [0.29, 0.717) is 12.8 Å². The van der Waals surface area contributed by atoms with Crippen LogP contribution >= 0.6 is 11.6 Å². The highest BCUT2D eigenvalue weighted by Gasteiger charge is 2.64. The largest absolute Gasteiger partial charge is 0.496 e. The van der Waals surface area contributed by atoms with E-state index in [2.05, 4.69) is 5.32 Å². The maximum Gasteiger partial charge on any atom is 0.341 e. The summed E-state index contributed by atoms with van der Waals surface area (Å²) in [6.45, 7) is 7.74. The van der Waals surface area contributed by atoms with Crippen molar-refractivity contribution in [3.8, 4) is 5.75 Å². The minimum absolute atomic E-state index is 0.00132. The van der Waals surface area contributed by atoms with Crippen LogP contribution in [0, 0.1) is 16.7 Å². The molecule has 9 heteroatoms. The van der Waals surface area contributed by atoms with Gasteiger partial charge in [0.2, 0.25) is 17.7 Å². The highest BCUT2D eigenvalue weighted by Crippen LogP contribution is 2.60. The molecule has 1 saturated heterocycles. The summed E-state index contributed by atoms with van der Waals surface area (Å²) in [7, 11) is 1.39. The summed E-state index contributed by atoms with van der Waals surface area (Å²) in [4.78, 5) is 51.9. The molecule has 1 aliphatic heterocycles. The van der Waals surface area contributed by atoms with Crippen molar-refractivity contribution in [3.05, 3.63) is 22.7 Å². The third-order valence-corrected chi connectivity index (χ3v) is 7.44. The van der Waals surface area contributed by atoms with Crippen LogP contribution in [0.15, 0.2) is 12.1 Å². The molecule has 1 heterocycles. The van der Waals surface area contributed by atoms with Crippen LogP contribution < -0.4 is 10.1 Å². The normalized spacial score (nSPS) is 23.8. The van der Waals surface area contributed by atoms with Crippen LogP contribution in [-0.2, 0) is 19.1 Å². The van der Waals surface area contributed by atoms with Crippen LogP contribution in [0.2, 0.25) is 5.02 Å². The molecule has 1 aliphatic carbocycles. The van der Waals surface area contributed by atoms with Gasteiger partial charge in [-0.1, -0.05) is 32.4 Å². The average molecular weight is 465 g/mol. The molecule has 2 bridgehead atoms. The molecule has 1 aromatic rings. The number of rotatable bonds is 7. The Balaban J connectivity index is 1.70. The van der Waals surface area contributed by atoms with Gasteiger partial charge in [0.05, 0.1) is 29.8 Å². The molecule has 2 unspecified atom stereocenters. The molecule has 174 valence electrons. The van der Waals surface area contributed by atoms with Crippen molar-refractivity contribution >= 4 is 41.0 Å². The number of carbonyl (C=O) groups excluding carboxylic acids is 4. The van der Waals surface area contributed by atoms with Gasteiger partial charge in [0.1, 0.15) is 11.3 Å². The van der Waals surface area contributed by atoms with Crippen molar-refractivity contribution in [3.63, 3.8) is 0 Å². The monoisotopic (exact) mass is 464 g/mol. The van der Waals surface area contributed by atoms with E-state index < -0.39 is 22.7 Å². The Kier molecular flexibility index (Phi) is 6.56. The first-order valence-corrected chi connectivity index (χ1v) is 11.1. The van der Waals surface area contributed by atoms with Gasteiger partial charge in [0.15, 0.2) is 0 Å². The van der Waals surface area contributed by atoms with Crippen LogP contribution in [0.3, 0.4) is 0 Å². The van der Waals surface area contributed by atoms with E-state index in [0.717, 1.165) is 0 Å². The molecule has 2 aliphatic rings. The van der Waals surface area contributed by atoms with Gasteiger partial charge in [-0.3, -0.25) is 19.3 Å². The predicted molar refractivity (Wildman–Crippen MR) is 119 cm³/mol. The molecule has 0 spiro atoms. The summed E-state index contributed by atoms with van der Waals surface area (Å²) in [5.74, 6) is -1.44. The SMILES string of the molecule is CCOC(=O)c1cc(Cl)c(NC(=O)CCN2C(=O)C3CCC(C)(C2=O)C3(C)C)cc1OC. The van der Waals surface area contributed by atoms with Gasteiger partial charge in [0, 0.05) is 24.9 Å². The lowest BCUT2D eigenvalue weighted by Gasteiger charge is -2.47. The van der Waals surface area contributed by atoms with E-state index in [4.69, 9.17) is 21.1 Å². The second-order valence-corrected chi connectivity index (χ2v) is 9.40. The summed E-state index contributed by atoms with van der Waals surface area (Å²) >= 11 is 6.24. The first-order valence-electron chi connectivity index (χ1n) is 10.7. The number of fused-ring (bicyclic) bond motifs is 2. The van der Waals surface area contributed by atoms with Crippen LogP contribution in [0.1, 0.15) is 57.3 Å². The first kappa shape index (κ1) is 24.0. The molecular formula is C23H29ClN2O6. The third-order valence-electron chi connectivity index (χ3n) is 7.13. The number of nitrogens with one attached hydrogen (secondary N) is 1. The van der Waals surface area contributed by atoms with E-state index in [-0.39, 0.29) is 59.3 Å². The van der Waals surface area contributed by atoms with Crippen molar-refractivity contribution in [2.45, 2.75) is 47.0 Å². The number of likely N-dealkylation sites (tertiary alicyclic amines) is 1. The molecule has 0 radical (unpaired) electrons. The minimum Gasteiger partial charge on any atom is -0.496 e. The number of amides is 3. The van der Waals surface area contributed by atoms with E-state index >= 15 is 0 Å². The number of hydrogen-bond donors (Lipinski definition) is 1. The fourth-order valence-electron chi connectivity index (χ4n) is 4.73. The van der Waals surface area contributed by atoms with Crippen molar-refractivity contribution in [2.75, 3.05) is 25.6 Å². The standard InChI is InChI=1S/C23H29ClN2O6/c1-6-32-20(29)13-11-15(24)16(12-17(13)31-5)25-18(27)8-10-26-19(28)14-7-9-23(4,21(26)30)22(14,2)3/h11-12,14H,6-10H2,1-5H3,(H,25,27). The predicted octanol–water partition coefficient (Wildman–Crippen LogP) is 3.67. The number of methoxy groups -OCH3 is 1. The smallest absolute Gasteiger partial charge is 0.341 e. The molecule has 1 N–H and O–H groups in total. The van der Waals surface area contributed by atoms with Crippen molar-refractivity contribution in [1.82, 2.24) is 4.90 Å². The number of benzene rings is 1. The van der Waals surface area contributed by atoms with Crippen LogP contribution in [0.4, 0.5) is 5.69 Å². The number of esters is 1. The quantitative estimate of drug-likeness (QED) is 0.488. The Morgan fingerprint density at radius 2 is 1.94 bits per heavy atom. The zero-order valence-corrected chi connectivity index (χ0v) is 19.8. The van der Waals surface area contributed by atoms with Crippen molar-refractivity contribution in [2.24, 2.45) is 16.7 Å². The molecule has 1 aromatic carbocycles. The highest BCUT2D eigenvalue weighted by molar-refractivity contribution is 6.34. The summed E-state index contributed by atoms with van der Waals surface area (Å²) < 4.78 is 10.2. The average Bonchev–Trinajstić information content (AvgIpc) is 2.92. The van der Waals surface area contributed by atoms with Gasteiger partial charge in [-0.25, -0.2) is 4.79 Å². The van der Waals surface area contributed by atoms with Crippen molar-refractivity contribution < 1.29 is 28.7 Å². The molecule has 3 rings (SSSR count). The van der Waals surface area contributed by atoms with E-state index in [1.165, 1.54) is 24.1 Å². The van der Waals surface area contributed by atoms with Gasteiger partial charge >= 0.3 is 5.97 Å². The van der Waals surface area contributed by atoms with E-state index in [1.54, 1.807) is 6.92 Å². The number of anilines is 1. The Morgan fingerprint density at radius 1 is 1.25 bits per heavy atom. The topological polar surface area (TPSA) is 102 Å². The van der Waals surface area contributed by atoms with E-state index in [1.807, 2.05) is 20.8 Å². The molecule has 3 amide bonds. The van der Waals surface area contributed by atoms with Gasteiger partial charge < -0.3 is 14.8 Å². The molecule has 8 nitrogen and oxygen atoms in total. The number of halogens is 1. The summed E-state index contributed by atoms with van der Waals surface area (Å²) in [6.07, 6.45) is 1.28. The second-order valence-electron chi connectivity index (χ2n) is 8.99. The third kappa shape index (κ3) is 3.85. The van der Waals surface area contributed by atoms with Crippen LogP contribution in [0.25, 0.3) is 0 Å². The zero-order chi connectivity index (χ0) is 23.8. The molecule has 1 saturated carbocycles. The number of carbonyl (C=O) groups is 4. The summed E-state index contributed by atoms with van der Waals surface area (Å²) in [6, 6.07) is 2.81. The lowest BCUT2D eigenvalue weighted by atomic mass is 9.62. The van der Waals surface area contributed by atoms with Gasteiger partial charge in [-0.15, -0.1) is 0 Å². The molecular weight excluding hydrogens is 436 g/mol. The molecule has 0 aromatic heterocycles. The minimum atomic E-state index is -0.609. The lowest BCUT2D eigenvalue weighted by Crippen LogP contribution is -2.59. The number of ether oxygens (including phenoxy) is 2. The fourth-order valence-corrected chi connectivity index (χ4v) is 4.94. The van der Waals surface area contributed by atoms with Gasteiger partial charge in [0.25, 0.3) is 0 Å². The zero-order valence-electron chi connectivity index (χ0n) is 19.0. The van der Waals surface area contributed by atoms with Gasteiger partial charge in [-0.05, 0) is 31.2 Å². The summed E-state index contributed by atoms with van der Waals surface area (Å²) in [5.41, 5.74) is -0.606. The maximum absolute atomic E-state index is 13.1. The number of piperidine rings is 1. The number of imide groups is 1. The highest BCUT2D eigenvalue weighted by atomic mass is 35.5. The van der Waals surface area contributed by atoms with Crippen LogP contribution in [-0.4, -0.2) is 48.9 Å². The summed E-state index contributed by atoms with van der Waals surface area (Å²) in [5, 5.41) is 2.80.